The van der Waals surface area contributed by atoms with Crippen molar-refractivity contribution in [1.82, 2.24) is 20.3 Å². The van der Waals surface area contributed by atoms with E-state index >= 15 is 0 Å². The zero-order valence-electron chi connectivity index (χ0n) is 15.3. The van der Waals surface area contributed by atoms with Crippen LogP contribution in [0.25, 0.3) is 11.4 Å². The number of aryl methyl sites for hydroxylation is 1. The van der Waals surface area contributed by atoms with E-state index in [1.165, 1.54) is 0 Å². The van der Waals surface area contributed by atoms with Crippen LogP contribution in [-0.2, 0) is 16.0 Å². The van der Waals surface area contributed by atoms with Gasteiger partial charge in [0.05, 0.1) is 6.04 Å². The molecule has 0 bridgehead atoms. The SMILES string of the molecule is COCCCCCC(=O)N[C@H]1CCCc2nc(-c3cccnc3)ncc21. The third-order valence-corrected chi connectivity index (χ3v) is 4.69. The van der Waals surface area contributed by atoms with Crippen molar-refractivity contribution in [1.29, 1.82) is 0 Å². The van der Waals surface area contributed by atoms with Gasteiger partial charge in [0.25, 0.3) is 0 Å². The van der Waals surface area contributed by atoms with Crippen LogP contribution in [0.4, 0.5) is 0 Å². The van der Waals surface area contributed by atoms with Gasteiger partial charge in [-0.1, -0.05) is 6.42 Å². The number of fused-ring (bicyclic) bond motifs is 1. The molecular formula is C20H26N4O2. The number of amides is 1. The van der Waals surface area contributed by atoms with Crippen molar-refractivity contribution in [3.05, 3.63) is 42.0 Å². The first-order chi connectivity index (χ1) is 12.8. The molecule has 3 rings (SSSR count). The lowest BCUT2D eigenvalue weighted by Gasteiger charge is -2.25. The molecule has 1 aliphatic carbocycles. The molecule has 2 heterocycles. The van der Waals surface area contributed by atoms with E-state index in [-0.39, 0.29) is 11.9 Å². The zero-order valence-corrected chi connectivity index (χ0v) is 15.3. The summed E-state index contributed by atoms with van der Waals surface area (Å²) in [5.41, 5.74) is 3.00. The number of carbonyl (C=O) groups excluding carboxylic acids is 1. The molecule has 6 nitrogen and oxygen atoms in total. The Kier molecular flexibility index (Phi) is 6.66. The van der Waals surface area contributed by atoms with E-state index < -0.39 is 0 Å². The minimum atomic E-state index is 0.0215. The quantitative estimate of drug-likeness (QED) is 0.737. The Hall–Kier alpha value is -2.34. The molecule has 0 aromatic carbocycles. The minimum absolute atomic E-state index is 0.0215. The first-order valence-electron chi connectivity index (χ1n) is 9.32. The summed E-state index contributed by atoms with van der Waals surface area (Å²) in [4.78, 5) is 25.6. The van der Waals surface area contributed by atoms with Gasteiger partial charge in [-0.3, -0.25) is 9.78 Å². The highest BCUT2D eigenvalue weighted by molar-refractivity contribution is 5.76. The molecule has 138 valence electrons. The van der Waals surface area contributed by atoms with E-state index in [0.717, 1.165) is 62.0 Å². The molecule has 0 unspecified atom stereocenters. The number of unbranched alkanes of at least 4 members (excludes halogenated alkanes) is 2. The molecule has 0 aliphatic heterocycles. The number of nitrogens with one attached hydrogen (secondary N) is 1. The van der Waals surface area contributed by atoms with E-state index in [0.29, 0.717) is 12.2 Å². The summed E-state index contributed by atoms with van der Waals surface area (Å²) in [5, 5.41) is 3.16. The van der Waals surface area contributed by atoms with Crippen molar-refractivity contribution in [2.75, 3.05) is 13.7 Å². The van der Waals surface area contributed by atoms with Gasteiger partial charge in [0.1, 0.15) is 0 Å². The number of hydrogen-bond donors (Lipinski definition) is 1. The van der Waals surface area contributed by atoms with Crippen LogP contribution in [0.5, 0.6) is 0 Å². The van der Waals surface area contributed by atoms with Gasteiger partial charge in [-0.25, -0.2) is 9.97 Å². The second-order valence-corrected chi connectivity index (χ2v) is 6.65. The van der Waals surface area contributed by atoms with Gasteiger partial charge in [-0.05, 0) is 44.2 Å². The van der Waals surface area contributed by atoms with E-state index in [1.807, 2.05) is 18.3 Å². The highest BCUT2D eigenvalue weighted by atomic mass is 16.5. The Morgan fingerprint density at radius 3 is 3.04 bits per heavy atom. The number of methoxy groups -OCH3 is 1. The third kappa shape index (κ3) is 4.85. The summed E-state index contributed by atoms with van der Waals surface area (Å²) in [6.07, 6.45) is 11.7. The average molecular weight is 354 g/mol. The maximum atomic E-state index is 12.3. The van der Waals surface area contributed by atoms with Crippen LogP contribution >= 0.6 is 0 Å². The number of carbonyl (C=O) groups is 1. The third-order valence-electron chi connectivity index (χ3n) is 4.69. The van der Waals surface area contributed by atoms with Gasteiger partial charge in [0.2, 0.25) is 5.91 Å². The summed E-state index contributed by atoms with van der Waals surface area (Å²) in [6.45, 7) is 0.758. The van der Waals surface area contributed by atoms with Gasteiger partial charge < -0.3 is 10.1 Å². The Morgan fingerprint density at radius 1 is 1.31 bits per heavy atom. The number of ether oxygens (including phenoxy) is 1. The zero-order chi connectivity index (χ0) is 18.2. The minimum Gasteiger partial charge on any atom is -0.385 e. The van der Waals surface area contributed by atoms with E-state index in [9.17, 15) is 4.79 Å². The Balaban J connectivity index is 1.61. The summed E-state index contributed by atoms with van der Waals surface area (Å²) in [7, 11) is 1.70. The van der Waals surface area contributed by atoms with Crippen molar-refractivity contribution < 1.29 is 9.53 Å². The van der Waals surface area contributed by atoms with Gasteiger partial charge in [0, 0.05) is 55.5 Å². The number of nitrogens with zero attached hydrogens (tertiary/aromatic N) is 3. The molecule has 0 spiro atoms. The highest BCUT2D eigenvalue weighted by Crippen LogP contribution is 2.29. The van der Waals surface area contributed by atoms with Gasteiger partial charge in [0.15, 0.2) is 5.82 Å². The van der Waals surface area contributed by atoms with Gasteiger partial charge in [-0.15, -0.1) is 0 Å². The summed E-state index contributed by atoms with van der Waals surface area (Å²) in [6, 6.07) is 3.86. The van der Waals surface area contributed by atoms with Crippen molar-refractivity contribution in [2.24, 2.45) is 0 Å². The van der Waals surface area contributed by atoms with Crippen LogP contribution in [0.1, 0.15) is 55.8 Å². The standard InChI is InChI=1S/C20H26N4O2/c1-26-12-4-2-3-10-19(25)23-17-8-5-9-18-16(17)14-22-20(24-18)15-7-6-11-21-13-15/h6-7,11,13-14,17H,2-5,8-10,12H2,1H3,(H,23,25)/t17-/m0/s1. The molecule has 1 amide bonds. The fourth-order valence-corrected chi connectivity index (χ4v) is 3.31. The molecule has 1 atom stereocenters. The molecule has 1 aliphatic rings. The largest absolute Gasteiger partial charge is 0.385 e. The molecule has 26 heavy (non-hydrogen) atoms. The van der Waals surface area contributed by atoms with Crippen LogP contribution in [-0.4, -0.2) is 34.6 Å². The van der Waals surface area contributed by atoms with Crippen molar-refractivity contribution in [2.45, 2.75) is 51.0 Å². The Morgan fingerprint density at radius 2 is 2.23 bits per heavy atom. The first kappa shape index (κ1) is 18.5. The number of rotatable bonds is 8. The van der Waals surface area contributed by atoms with Gasteiger partial charge >= 0.3 is 0 Å². The molecular weight excluding hydrogens is 328 g/mol. The summed E-state index contributed by atoms with van der Waals surface area (Å²) < 4.78 is 5.03. The summed E-state index contributed by atoms with van der Waals surface area (Å²) >= 11 is 0. The maximum absolute atomic E-state index is 12.3. The number of hydrogen-bond acceptors (Lipinski definition) is 5. The predicted molar refractivity (Wildman–Crippen MR) is 99.4 cm³/mol. The van der Waals surface area contributed by atoms with Crippen LogP contribution in [0, 0.1) is 0 Å². The lowest BCUT2D eigenvalue weighted by molar-refractivity contribution is -0.122. The van der Waals surface area contributed by atoms with Crippen LogP contribution < -0.4 is 5.32 Å². The monoisotopic (exact) mass is 354 g/mol. The summed E-state index contributed by atoms with van der Waals surface area (Å²) in [5.74, 6) is 0.804. The molecule has 0 saturated carbocycles. The van der Waals surface area contributed by atoms with Crippen molar-refractivity contribution in [3.63, 3.8) is 0 Å². The molecule has 2 aromatic heterocycles. The van der Waals surface area contributed by atoms with Crippen LogP contribution in [0.2, 0.25) is 0 Å². The maximum Gasteiger partial charge on any atom is 0.220 e. The molecule has 2 aromatic rings. The van der Waals surface area contributed by atoms with E-state index in [4.69, 9.17) is 9.72 Å². The Bertz CT molecular complexity index is 721. The smallest absolute Gasteiger partial charge is 0.220 e. The average Bonchev–Trinajstić information content (AvgIpc) is 2.68. The van der Waals surface area contributed by atoms with E-state index in [1.54, 1.807) is 19.5 Å². The highest BCUT2D eigenvalue weighted by Gasteiger charge is 2.23. The molecule has 1 N–H and O–H groups in total. The molecule has 0 radical (unpaired) electrons. The van der Waals surface area contributed by atoms with Gasteiger partial charge in [-0.2, -0.15) is 0 Å². The topological polar surface area (TPSA) is 77.0 Å². The molecule has 0 fully saturated rings. The fraction of sp³-hybridized carbons (Fsp3) is 0.500. The van der Waals surface area contributed by atoms with Crippen LogP contribution in [0.15, 0.2) is 30.7 Å². The van der Waals surface area contributed by atoms with E-state index in [2.05, 4.69) is 15.3 Å². The van der Waals surface area contributed by atoms with Crippen LogP contribution in [0.3, 0.4) is 0 Å². The Labute approximate surface area is 154 Å². The second-order valence-electron chi connectivity index (χ2n) is 6.65. The normalized spacial score (nSPS) is 16.1. The molecule has 6 heteroatoms. The fourth-order valence-electron chi connectivity index (χ4n) is 3.31. The molecule has 0 saturated heterocycles. The number of pyridine rings is 1. The second kappa shape index (κ2) is 9.38. The first-order valence-corrected chi connectivity index (χ1v) is 9.32. The van der Waals surface area contributed by atoms with Crippen molar-refractivity contribution in [3.8, 4) is 11.4 Å². The van der Waals surface area contributed by atoms with Crippen molar-refractivity contribution >= 4 is 5.91 Å². The number of aromatic nitrogens is 3. The lowest BCUT2D eigenvalue weighted by atomic mass is 9.92. The predicted octanol–water partition coefficient (Wildman–Crippen LogP) is 3.24. The lowest BCUT2D eigenvalue weighted by Crippen LogP contribution is -2.31.